The van der Waals surface area contributed by atoms with E-state index in [0.717, 1.165) is 19.3 Å². The third-order valence-electron chi connectivity index (χ3n) is 2.27. The summed E-state index contributed by atoms with van der Waals surface area (Å²) in [6, 6.07) is 0. The average molecular weight is 221 g/mol. The first-order valence-electron chi connectivity index (χ1n) is 5.07. The van der Waals surface area contributed by atoms with Crippen LogP contribution >= 0.6 is 11.6 Å². The zero-order valence-electron chi connectivity index (χ0n) is 8.66. The summed E-state index contributed by atoms with van der Waals surface area (Å²) in [5.74, 6) is 0.0885. The molecule has 0 N–H and O–H groups in total. The van der Waals surface area contributed by atoms with Gasteiger partial charge in [-0.3, -0.25) is 4.79 Å². The van der Waals surface area contributed by atoms with E-state index in [4.69, 9.17) is 21.1 Å². The summed E-state index contributed by atoms with van der Waals surface area (Å²) < 4.78 is 10.9. The first-order valence-corrected chi connectivity index (χ1v) is 5.45. The molecule has 0 spiro atoms. The van der Waals surface area contributed by atoms with Crippen LogP contribution in [0.15, 0.2) is 0 Å². The fourth-order valence-corrected chi connectivity index (χ4v) is 1.76. The molecular formula is C10H17ClO3. The second kappa shape index (κ2) is 5.69. The van der Waals surface area contributed by atoms with Crippen LogP contribution in [0, 0.1) is 5.92 Å². The van der Waals surface area contributed by atoms with Crippen molar-refractivity contribution in [3.05, 3.63) is 0 Å². The van der Waals surface area contributed by atoms with Crippen LogP contribution in [-0.2, 0) is 14.3 Å². The van der Waals surface area contributed by atoms with Crippen molar-refractivity contribution in [2.24, 2.45) is 5.92 Å². The van der Waals surface area contributed by atoms with Crippen molar-refractivity contribution in [2.45, 2.75) is 45.5 Å². The van der Waals surface area contributed by atoms with Gasteiger partial charge in [0.15, 0.2) is 6.29 Å². The Balaban J connectivity index is 2.41. The van der Waals surface area contributed by atoms with E-state index in [9.17, 15) is 4.79 Å². The summed E-state index contributed by atoms with van der Waals surface area (Å²) in [6.45, 7) is 4.54. The van der Waals surface area contributed by atoms with Gasteiger partial charge in [-0.05, 0) is 36.8 Å². The Morgan fingerprint density at radius 3 is 2.64 bits per heavy atom. The van der Waals surface area contributed by atoms with Gasteiger partial charge < -0.3 is 9.47 Å². The maximum absolute atomic E-state index is 11.0. The highest BCUT2D eigenvalue weighted by Gasteiger charge is 2.26. The zero-order valence-corrected chi connectivity index (χ0v) is 9.42. The van der Waals surface area contributed by atoms with Gasteiger partial charge in [0.2, 0.25) is 0 Å². The molecule has 1 unspecified atom stereocenters. The fourth-order valence-electron chi connectivity index (χ4n) is 1.45. The Hall–Kier alpha value is -0.120. The molecule has 0 radical (unpaired) electrons. The van der Waals surface area contributed by atoms with E-state index in [1.165, 1.54) is 0 Å². The van der Waals surface area contributed by atoms with Crippen LogP contribution in [0.4, 0.5) is 0 Å². The minimum atomic E-state index is -0.542. The highest BCUT2D eigenvalue weighted by Crippen LogP contribution is 2.19. The molecule has 1 aliphatic heterocycles. The lowest BCUT2D eigenvalue weighted by Crippen LogP contribution is -2.34. The van der Waals surface area contributed by atoms with Crippen molar-refractivity contribution >= 4 is 16.8 Å². The molecule has 0 aromatic rings. The van der Waals surface area contributed by atoms with E-state index >= 15 is 0 Å². The van der Waals surface area contributed by atoms with Gasteiger partial charge >= 0.3 is 0 Å². The van der Waals surface area contributed by atoms with Crippen molar-refractivity contribution in [1.29, 1.82) is 0 Å². The second-order valence-electron chi connectivity index (χ2n) is 3.90. The first kappa shape index (κ1) is 12.0. The monoisotopic (exact) mass is 220 g/mol. The highest BCUT2D eigenvalue weighted by atomic mass is 35.5. The van der Waals surface area contributed by atoms with Crippen LogP contribution in [0.2, 0.25) is 0 Å². The van der Waals surface area contributed by atoms with E-state index in [1.54, 1.807) is 0 Å². The van der Waals surface area contributed by atoms with Gasteiger partial charge in [-0.25, -0.2) is 0 Å². The third-order valence-corrected chi connectivity index (χ3v) is 2.48. The lowest BCUT2D eigenvalue weighted by Gasteiger charge is -2.27. The first-order chi connectivity index (χ1) is 6.61. The number of hydrogen-bond acceptors (Lipinski definition) is 3. The molecule has 14 heavy (non-hydrogen) atoms. The standard InChI is InChI=1S/C10H17ClO3/c1-7(2)9(10(11)12)14-8-5-3-4-6-13-8/h7-9H,3-6H2,1-2H3/t8?,9-/m0/s1. The Bertz CT molecular complexity index is 188. The van der Waals surface area contributed by atoms with Gasteiger partial charge in [-0.15, -0.1) is 0 Å². The van der Waals surface area contributed by atoms with Crippen molar-refractivity contribution in [1.82, 2.24) is 0 Å². The summed E-state index contributed by atoms with van der Waals surface area (Å²) in [4.78, 5) is 11.0. The maximum Gasteiger partial charge on any atom is 0.250 e. The number of carbonyl (C=O) groups excluding carboxylic acids is 1. The van der Waals surface area contributed by atoms with E-state index in [1.807, 2.05) is 13.8 Å². The molecule has 1 fully saturated rings. The summed E-state index contributed by atoms with van der Waals surface area (Å²) in [7, 11) is 0. The van der Waals surface area contributed by atoms with Crippen LogP contribution in [0.1, 0.15) is 33.1 Å². The molecule has 0 bridgehead atoms. The topological polar surface area (TPSA) is 35.5 Å². The molecule has 1 aliphatic rings. The zero-order chi connectivity index (χ0) is 10.6. The third kappa shape index (κ3) is 3.56. The molecule has 1 rings (SSSR count). The normalized spacial score (nSPS) is 25.0. The van der Waals surface area contributed by atoms with Crippen molar-refractivity contribution in [3.63, 3.8) is 0 Å². The Kier molecular flexibility index (Phi) is 4.85. The lowest BCUT2D eigenvalue weighted by molar-refractivity contribution is -0.195. The minimum absolute atomic E-state index is 0.0885. The van der Waals surface area contributed by atoms with Crippen molar-refractivity contribution in [3.8, 4) is 0 Å². The molecule has 0 aromatic carbocycles. The number of halogens is 1. The minimum Gasteiger partial charge on any atom is -0.353 e. The van der Waals surface area contributed by atoms with Crippen LogP contribution in [-0.4, -0.2) is 24.2 Å². The number of hydrogen-bond donors (Lipinski definition) is 0. The largest absolute Gasteiger partial charge is 0.353 e. The highest BCUT2D eigenvalue weighted by molar-refractivity contribution is 6.64. The van der Waals surface area contributed by atoms with Gasteiger partial charge in [-0.1, -0.05) is 13.8 Å². The van der Waals surface area contributed by atoms with Crippen molar-refractivity contribution < 1.29 is 14.3 Å². The predicted molar refractivity (Wildman–Crippen MR) is 54.2 cm³/mol. The van der Waals surface area contributed by atoms with E-state index in [2.05, 4.69) is 0 Å². The summed E-state index contributed by atoms with van der Waals surface area (Å²) in [6.07, 6.45) is 2.22. The van der Waals surface area contributed by atoms with Gasteiger partial charge in [0.1, 0.15) is 6.10 Å². The van der Waals surface area contributed by atoms with Gasteiger partial charge in [0.25, 0.3) is 5.24 Å². The molecule has 1 saturated heterocycles. The van der Waals surface area contributed by atoms with E-state index < -0.39 is 11.3 Å². The molecule has 0 aliphatic carbocycles. The quantitative estimate of drug-likeness (QED) is 0.683. The number of rotatable bonds is 4. The maximum atomic E-state index is 11.0. The van der Waals surface area contributed by atoms with Gasteiger partial charge in [-0.2, -0.15) is 0 Å². The summed E-state index contributed by atoms with van der Waals surface area (Å²) in [5.41, 5.74) is 0. The molecular weight excluding hydrogens is 204 g/mol. The second-order valence-corrected chi connectivity index (χ2v) is 4.27. The molecule has 0 saturated carbocycles. The van der Waals surface area contributed by atoms with Crippen LogP contribution < -0.4 is 0 Å². The summed E-state index contributed by atoms with van der Waals surface area (Å²) >= 11 is 5.44. The van der Waals surface area contributed by atoms with Crippen LogP contribution in [0.25, 0.3) is 0 Å². The fraction of sp³-hybridized carbons (Fsp3) is 0.900. The van der Waals surface area contributed by atoms with E-state index in [0.29, 0.717) is 6.61 Å². The summed E-state index contributed by atoms with van der Waals surface area (Å²) in [5, 5.41) is -0.436. The van der Waals surface area contributed by atoms with Crippen LogP contribution in [0.3, 0.4) is 0 Å². The van der Waals surface area contributed by atoms with E-state index in [-0.39, 0.29) is 12.2 Å². The molecule has 4 heteroatoms. The molecule has 2 atom stereocenters. The average Bonchev–Trinajstić information content (AvgIpc) is 2.15. The molecule has 0 aromatic heterocycles. The van der Waals surface area contributed by atoms with Crippen molar-refractivity contribution in [2.75, 3.05) is 6.61 Å². The predicted octanol–water partition coefficient (Wildman–Crippen LogP) is 2.32. The Morgan fingerprint density at radius 1 is 1.50 bits per heavy atom. The SMILES string of the molecule is CC(C)[C@H](OC1CCCCO1)C(=O)Cl. The van der Waals surface area contributed by atoms with Gasteiger partial charge in [0.05, 0.1) is 0 Å². The molecule has 1 heterocycles. The lowest BCUT2D eigenvalue weighted by atomic mass is 10.1. The molecule has 3 nitrogen and oxygen atoms in total. The van der Waals surface area contributed by atoms with Crippen LogP contribution in [0.5, 0.6) is 0 Å². The molecule has 82 valence electrons. The van der Waals surface area contributed by atoms with Gasteiger partial charge in [0, 0.05) is 6.61 Å². The number of ether oxygens (including phenoxy) is 2. The smallest absolute Gasteiger partial charge is 0.250 e. The number of carbonyl (C=O) groups is 1. The Labute approximate surface area is 89.7 Å². The molecule has 0 amide bonds. The Morgan fingerprint density at radius 2 is 2.21 bits per heavy atom.